The minimum Gasteiger partial charge on any atom is -0.456 e. The van der Waals surface area contributed by atoms with Gasteiger partial charge in [0.2, 0.25) is 0 Å². The first-order valence-electron chi connectivity index (χ1n) is 19.6. The maximum atomic E-state index is 7.03. The third-order valence-corrected chi connectivity index (χ3v) is 13.0. The van der Waals surface area contributed by atoms with Crippen LogP contribution in [0.25, 0.3) is 55.3 Å². The summed E-state index contributed by atoms with van der Waals surface area (Å²) >= 11 is 0. The Morgan fingerprint density at radius 1 is 0.357 bits per heavy atom. The molecule has 1 heteroatoms. The number of hydrogen-bond acceptors (Lipinski definition) is 1. The minimum absolute atomic E-state index is 0.256. The summed E-state index contributed by atoms with van der Waals surface area (Å²) in [6.07, 6.45) is 0. The normalized spacial score (nSPS) is 16.3. The van der Waals surface area contributed by atoms with Gasteiger partial charge in [-0.25, -0.2) is 0 Å². The van der Waals surface area contributed by atoms with E-state index < -0.39 is 5.41 Å². The lowest BCUT2D eigenvalue weighted by Gasteiger charge is -2.40. The largest absolute Gasteiger partial charge is 0.456 e. The summed E-state index contributed by atoms with van der Waals surface area (Å²) in [6.45, 7) is 2.39. The third-order valence-electron chi connectivity index (χ3n) is 13.0. The fourth-order valence-corrected chi connectivity index (χ4v) is 10.6. The molecule has 3 aliphatic rings. The maximum Gasteiger partial charge on any atom is 0.140 e. The van der Waals surface area contributed by atoms with E-state index in [1.807, 2.05) is 0 Å². The van der Waals surface area contributed by atoms with E-state index in [1.54, 1.807) is 0 Å². The Morgan fingerprint density at radius 2 is 0.893 bits per heavy atom. The van der Waals surface area contributed by atoms with Crippen LogP contribution in [0.3, 0.4) is 0 Å². The molecule has 1 unspecified atom stereocenters. The summed E-state index contributed by atoms with van der Waals surface area (Å²) in [5, 5.41) is 2.30. The second kappa shape index (κ2) is 11.5. The zero-order chi connectivity index (χ0) is 37.0. The minimum atomic E-state index is -0.542. The van der Waals surface area contributed by atoms with Gasteiger partial charge < -0.3 is 4.74 Å². The summed E-state index contributed by atoms with van der Waals surface area (Å²) in [6, 6.07) is 73.9. The van der Waals surface area contributed by atoms with E-state index in [0.29, 0.717) is 0 Å². The predicted octanol–water partition coefficient (Wildman–Crippen LogP) is 14.0. The van der Waals surface area contributed by atoms with Gasteiger partial charge in [-0.3, -0.25) is 0 Å². The van der Waals surface area contributed by atoms with E-state index in [9.17, 15) is 0 Å². The standard InChI is InChI=1S/C55H36O/c1-54(37-19-3-2-4-20-37)45-27-10-9-25-43(45)52-38(26-16-31-49(52)54)35-17-15-18-36(33-35)44-34-50-53(42-24-6-5-21-39(42)44)56-51-32-14-13-30-48(51)55(50)46-28-11-7-22-40(46)41-23-8-12-29-47(41)55/h2-34H,1H3. The molecule has 0 amide bonds. The fraction of sp³-hybridized carbons (Fsp3) is 0.0545. The molecular formula is C55H36O. The number of fused-ring (bicyclic) bond motifs is 14. The average molecular weight is 713 g/mol. The molecule has 0 radical (unpaired) electrons. The molecule has 0 aromatic heterocycles. The fourth-order valence-electron chi connectivity index (χ4n) is 10.6. The highest BCUT2D eigenvalue weighted by Gasteiger charge is 2.51. The summed E-state index contributed by atoms with van der Waals surface area (Å²) in [4.78, 5) is 0. The van der Waals surface area contributed by atoms with E-state index in [1.165, 1.54) is 88.8 Å². The lowest BCUT2D eigenvalue weighted by atomic mass is 9.65. The number of benzene rings is 9. The van der Waals surface area contributed by atoms with Crippen LogP contribution in [-0.2, 0) is 10.8 Å². The molecule has 1 spiro atoms. The van der Waals surface area contributed by atoms with Gasteiger partial charge in [0.05, 0.1) is 5.41 Å². The van der Waals surface area contributed by atoms with Crippen LogP contribution >= 0.6 is 0 Å². The third kappa shape index (κ3) is 3.99. The molecule has 0 saturated carbocycles. The maximum absolute atomic E-state index is 7.03. The average Bonchev–Trinajstić information content (AvgIpc) is 3.71. The molecule has 262 valence electrons. The van der Waals surface area contributed by atoms with Crippen LogP contribution < -0.4 is 4.74 Å². The van der Waals surface area contributed by atoms with Crippen LogP contribution in [0.1, 0.15) is 45.9 Å². The molecule has 12 rings (SSSR count). The summed E-state index contributed by atoms with van der Waals surface area (Å²) in [5.74, 6) is 1.84. The van der Waals surface area contributed by atoms with Gasteiger partial charge in [0.25, 0.3) is 0 Å². The Hall–Kier alpha value is -6.96. The number of rotatable bonds is 3. The van der Waals surface area contributed by atoms with Crippen LogP contribution in [0.15, 0.2) is 200 Å². The van der Waals surface area contributed by atoms with Crippen LogP contribution in [-0.4, -0.2) is 0 Å². The van der Waals surface area contributed by atoms with E-state index >= 15 is 0 Å². The second-order valence-corrected chi connectivity index (χ2v) is 15.6. The number of para-hydroxylation sites is 1. The Balaban J connectivity index is 1.12. The predicted molar refractivity (Wildman–Crippen MR) is 230 cm³/mol. The molecule has 0 bridgehead atoms. The quantitative estimate of drug-likeness (QED) is 0.177. The van der Waals surface area contributed by atoms with Gasteiger partial charge in [-0.1, -0.05) is 182 Å². The molecule has 0 N–H and O–H groups in total. The highest BCUT2D eigenvalue weighted by Crippen LogP contribution is 2.64. The molecular weight excluding hydrogens is 677 g/mol. The molecule has 1 heterocycles. The molecule has 0 saturated heterocycles. The van der Waals surface area contributed by atoms with Gasteiger partial charge >= 0.3 is 0 Å². The van der Waals surface area contributed by atoms with Crippen molar-refractivity contribution in [2.75, 3.05) is 0 Å². The molecule has 9 aromatic carbocycles. The summed E-state index contributed by atoms with van der Waals surface area (Å²) in [5.41, 5.74) is 18.2. The van der Waals surface area contributed by atoms with E-state index in [2.05, 4.69) is 207 Å². The topological polar surface area (TPSA) is 9.23 Å². The van der Waals surface area contributed by atoms with Crippen LogP contribution in [0.2, 0.25) is 0 Å². The van der Waals surface area contributed by atoms with Crippen molar-refractivity contribution in [2.45, 2.75) is 17.8 Å². The summed E-state index contributed by atoms with van der Waals surface area (Å²) < 4.78 is 7.03. The Kier molecular flexibility index (Phi) is 6.46. The van der Waals surface area contributed by atoms with E-state index in [4.69, 9.17) is 4.74 Å². The lowest BCUT2D eigenvalue weighted by molar-refractivity contribution is 0.442. The van der Waals surface area contributed by atoms with Crippen molar-refractivity contribution in [1.82, 2.24) is 0 Å². The molecule has 1 atom stereocenters. The van der Waals surface area contributed by atoms with E-state index in [0.717, 1.165) is 16.9 Å². The zero-order valence-corrected chi connectivity index (χ0v) is 31.0. The molecule has 1 aliphatic heterocycles. The monoisotopic (exact) mass is 712 g/mol. The summed E-state index contributed by atoms with van der Waals surface area (Å²) in [7, 11) is 0. The first-order chi connectivity index (χ1) is 27.7. The highest BCUT2D eigenvalue weighted by atomic mass is 16.5. The lowest BCUT2D eigenvalue weighted by Crippen LogP contribution is -2.32. The highest BCUT2D eigenvalue weighted by molar-refractivity contribution is 6.04. The van der Waals surface area contributed by atoms with Gasteiger partial charge in [0, 0.05) is 21.9 Å². The molecule has 0 fully saturated rings. The Bertz CT molecular complexity index is 3030. The SMILES string of the molecule is CC1(c2ccccc2)c2ccccc2-c2c(-c3cccc(-c4cc5c(c6ccccc46)Oc4ccccc4C54c5ccccc5-c5ccccc54)c3)cccc21. The van der Waals surface area contributed by atoms with Crippen LogP contribution in [0, 0.1) is 0 Å². The van der Waals surface area contributed by atoms with Crippen molar-refractivity contribution in [3.8, 4) is 56.0 Å². The van der Waals surface area contributed by atoms with Crippen molar-refractivity contribution in [1.29, 1.82) is 0 Å². The van der Waals surface area contributed by atoms with Gasteiger partial charge in [-0.05, 0) is 103 Å². The molecule has 56 heavy (non-hydrogen) atoms. The molecule has 2 aliphatic carbocycles. The molecule has 1 nitrogen and oxygen atoms in total. The Morgan fingerprint density at radius 3 is 1.64 bits per heavy atom. The van der Waals surface area contributed by atoms with Crippen molar-refractivity contribution in [3.63, 3.8) is 0 Å². The van der Waals surface area contributed by atoms with Gasteiger partial charge in [-0.2, -0.15) is 0 Å². The van der Waals surface area contributed by atoms with Crippen molar-refractivity contribution >= 4 is 10.8 Å². The van der Waals surface area contributed by atoms with Crippen molar-refractivity contribution in [2.24, 2.45) is 0 Å². The van der Waals surface area contributed by atoms with Gasteiger partial charge in [-0.15, -0.1) is 0 Å². The van der Waals surface area contributed by atoms with Crippen molar-refractivity contribution < 1.29 is 4.74 Å². The van der Waals surface area contributed by atoms with Gasteiger partial charge in [0.1, 0.15) is 11.5 Å². The first-order valence-corrected chi connectivity index (χ1v) is 19.6. The van der Waals surface area contributed by atoms with Gasteiger partial charge in [0.15, 0.2) is 0 Å². The molecule has 9 aromatic rings. The number of hydrogen-bond donors (Lipinski definition) is 0. The Labute approximate surface area is 327 Å². The van der Waals surface area contributed by atoms with Crippen LogP contribution in [0.4, 0.5) is 0 Å². The second-order valence-electron chi connectivity index (χ2n) is 15.6. The van der Waals surface area contributed by atoms with Crippen molar-refractivity contribution in [3.05, 3.63) is 239 Å². The number of ether oxygens (including phenoxy) is 1. The van der Waals surface area contributed by atoms with E-state index in [-0.39, 0.29) is 5.41 Å². The van der Waals surface area contributed by atoms with Crippen LogP contribution in [0.5, 0.6) is 11.5 Å². The zero-order valence-electron chi connectivity index (χ0n) is 31.0. The first kappa shape index (κ1) is 31.4. The smallest absolute Gasteiger partial charge is 0.140 e.